The number of aromatic nitrogens is 2. The number of hydrogen-bond donors (Lipinski definition) is 2. The Hall–Kier alpha value is -3.98. The quantitative estimate of drug-likeness (QED) is 0.478. The molecule has 0 saturated heterocycles. The van der Waals surface area contributed by atoms with Gasteiger partial charge in [0.25, 0.3) is 5.91 Å². The number of carbonyl (C=O) groups excluding carboxylic acids is 2. The second kappa shape index (κ2) is 7.06. The zero-order valence-electron chi connectivity index (χ0n) is 16.7. The molecule has 5 rings (SSSR count). The topological polar surface area (TPSA) is 110 Å². The highest BCUT2D eigenvalue weighted by molar-refractivity contribution is 7.21. The first-order valence-electron chi connectivity index (χ1n) is 9.47. The van der Waals surface area contributed by atoms with Gasteiger partial charge in [-0.25, -0.2) is 14.8 Å². The molecular formula is C22H17N5O3S. The number of primary amides is 1. The molecule has 4 aromatic rings. The van der Waals surface area contributed by atoms with Crippen LogP contribution in [0.5, 0.6) is 11.6 Å². The molecule has 1 aliphatic heterocycles. The lowest BCUT2D eigenvalue weighted by Gasteiger charge is -2.29. The van der Waals surface area contributed by atoms with E-state index in [9.17, 15) is 9.59 Å². The minimum absolute atomic E-state index is 0.286. The van der Waals surface area contributed by atoms with Gasteiger partial charge < -0.3 is 15.8 Å². The minimum Gasteiger partial charge on any atom is -0.439 e. The molecule has 9 heteroatoms. The van der Waals surface area contributed by atoms with Crippen LogP contribution in [0.1, 0.15) is 20.9 Å². The number of rotatable bonds is 4. The van der Waals surface area contributed by atoms with Gasteiger partial charge in [0.15, 0.2) is 0 Å². The summed E-state index contributed by atoms with van der Waals surface area (Å²) in [4.78, 5) is 36.3. The fourth-order valence-corrected chi connectivity index (χ4v) is 4.64. The van der Waals surface area contributed by atoms with Crippen LogP contribution in [-0.4, -0.2) is 21.9 Å². The molecule has 1 aliphatic rings. The SMILES string of the molecule is Cc1cccc(Oc2ccc(N3C(=O)Nc4ccnc5sc(C(N)=O)c3c45)c(C)c2)n1. The molecule has 0 unspecified atom stereocenters. The van der Waals surface area contributed by atoms with E-state index in [1.54, 1.807) is 30.5 Å². The van der Waals surface area contributed by atoms with E-state index in [4.69, 9.17) is 10.5 Å². The third-order valence-corrected chi connectivity index (χ3v) is 6.05. The summed E-state index contributed by atoms with van der Waals surface area (Å²) >= 11 is 1.17. The second-order valence-electron chi connectivity index (χ2n) is 7.12. The average molecular weight is 431 g/mol. The Morgan fingerprint density at radius 1 is 1.19 bits per heavy atom. The molecule has 0 radical (unpaired) electrons. The van der Waals surface area contributed by atoms with Crippen LogP contribution in [-0.2, 0) is 0 Å². The standard InChI is InChI=1S/C22H17N5O3S/c1-11-10-13(30-16-5-3-4-12(2)25-16)6-7-15(11)27-18-17-14(26-22(27)29)8-9-24-21(17)31-19(18)20(23)28/h3-10H,1-2H3,(H2,23,28)(H,26,29). The van der Waals surface area contributed by atoms with Gasteiger partial charge in [-0.05, 0) is 49.7 Å². The molecule has 31 heavy (non-hydrogen) atoms. The molecule has 0 bridgehead atoms. The van der Waals surface area contributed by atoms with Crippen molar-refractivity contribution in [1.29, 1.82) is 0 Å². The van der Waals surface area contributed by atoms with Crippen molar-refractivity contribution in [2.75, 3.05) is 10.2 Å². The molecule has 0 spiro atoms. The summed E-state index contributed by atoms with van der Waals surface area (Å²) in [5, 5.41) is 3.57. The van der Waals surface area contributed by atoms with E-state index in [1.807, 2.05) is 32.0 Å². The summed E-state index contributed by atoms with van der Waals surface area (Å²) in [7, 11) is 0. The lowest BCUT2D eigenvalue weighted by Crippen LogP contribution is -2.35. The molecule has 0 aliphatic carbocycles. The third-order valence-electron chi connectivity index (χ3n) is 4.95. The lowest BCUT2D eigenvalue weighted by atomic mass is 10.1. The molecule has 0 atom stereocenters. The fraction of sp³-hybridized carbons (Fsp3) is 0.0909. The van der Waals surface area contributed by atoms with Crippen molar-refractivity contribution < 1.29 is 14.3 Å². The van der Waals surface area contributed by atoms with E-state index < -0.39 is 5.91 Å². The van der Waals surface area contributed by atoms with Crippen molar-refractivity contribution in [3.8, 4) is 11.6 Å². The molecule has 3 aromatic heterocycles. The first-order chi connectivity index (χ1) is 14.9. The Balaban J connectivity index is 1.61. The van der Waals surface area contributed by atoms with Gasteiger partial charge >= 0.3 is 6.03 Å². The van der Waals surface area contributed by atoms with Gasteiger partial charge in [-0.15, -0.1) is 11.3 Å². The summed E-state index contributed by atoms with van der Waals surface area (Å²) in [5.74, 6) is 0.467. The van der Waals surface area contributed by atoms with Gasteiger partial charge in [0.05, 0.1) is 22.4 Å². The van der Waals surface area contributed by atoms with Crippen molar-refractivity contribution in [3.63, 3.8) is 0 Å². The summed E-state index contributed by atoms with van der Waals surface area (Å²) < 4.78 is 5.86. The number of urea groups is 1. The van der Waals surface area contributed by atoms with Crippen LogP contribution >= 0.6 is 11.3 Å². The first-order valence-corrected chi connectivity index (χ1v) is 10.3. The van der Waals surface area contributed by atoms with Gasteiger partial charge in [0, 0.05) is 18.0 Å². The normalized spacial score (nSPS) is 12.7. The number of aryl methyl sites for hydroxylation is 2. The third kappa shape index (κ3) is 3.15. The van der Waals surface area contributed by atoms with E-state index in [0.717, 1.165) is 11.3 Å². The van der Waals surface area contributed by atoms with Gasteiger partial charge in [0.2, 0.25) is 5.88 Å². The second-order valence-corrected chi connectivity index (χ2v) is 8.11. The van der Waals surface area contributed by atoms with E-state index in [-0.39, 0.29) is 10.9 Å². The maximum absolute atomic E-state index is 13.0. The summed E-state index contributed by atoms with van der Waals surface area (Å²) in [6.07, 6.45) is 1.59. The zero-order valence-corrected chi connectivity index (χ0v) is 17.5. The van der Waals surface area contributed by atoms with E-state index in [1.165, 1.54) is 16.2 Å². The van der Waals surface area contributed by atoms with Crippen LogP contribution in [0.25, 0.3) is 10.2 Å². The minimum atomic E-state index is -0.605. The smallest absolute Gasteiger partial charge is 0.331 e. The Labute approximate surface area is 181 Å². The van der Waals surface area contributed by atoms with Crippen molar-refractivity contribution >= 4 is 50.6 Å². The number of nitrogens with two attached hydrogens (primary N) is 1. The van der Waals surface area contributed by atoms with E-state index in [2.05, 4.69) is 15.3 Å². The maximum atomic E-state index is 13.0. The van der Waals surface area contributed by atoms with Gasteiger partial charge in [-0.2, -0.15) is 0 Å². The summed E-state index contributed by atoms with van der Waals surface area (Å²) in [6.45, 7) is 3.76. The van der Waals surface area contributed by atoms with Gasteiger partial charge in [-0.3, -0.25) is 9.69 Å². The van der Waals surface area contributed by atoms with Crippen LogP contribution in [0.2, 0.25) is 0 Å². The number of thiophene rings is 1. The summed E-state index contributed by atoms with van der Waals surface area (Å²) in [5.41, 5.74) is 8.93. The molecule has 4 heterocycles. The highest BCUT2D eigenvalue weighted by Gasteiger charge is 2.34. The Morgan fingerprint density at radius 2 is 2.03 bits per heavy atom. The molecule has 154 valence electrons. The molecule has 3 amide bonds. The molecule has 0 saturated carbocycles. The summed E-state index contributed by atoms with van der Waals surface area (Å²) in [6, 6.07) is 12.2. The molecule has 1 aromatic carbocycles. The monoisotopic (exact) mass is 431 g/mol. The Bertz CT molecular complexity index is 1380. The van der Waals surface area contributed by atoms with Crippen molar-refractivity contribution in [3.05, 3.63) is 64.8 Å². The molecule has 8 nitrogen and oxygen atoms in total. The number of amides is 3. The molecule has 0 fully saturated rings. The Kier molecular flexibility index (Phi) is 4.33. The lowest BCUT2D eigenvalue weighted by molar-refractivity contribution is 0.100. The van der Waals surface area contributed by atoms with E-state index >= 15 is 0 Å². The largest absolute Gasteiger partial charge is 0.439 e. The van der Waals surface area contributed by atoms with E-state index in [0.29, 0.717) is 38.9 Å². The van der Waals surface area contributed by atoms with Crippen LogP contribution in [0.4, 0.5) is 21.9 Å². The highest BCUT2D eigenvalue weighted by Crippen LogP contribution is 2.47. The van der Waals surface area contributed by atoms with Gasteiger partial charge in [-0.1, -0.05) is 6.07 Å². The van der Waals surface area contributed by atoms with Crippen LogP contribution in [0, 0.1) is 13.8 Å². The predicted octanol–water partition coefficient (Wildman–Crippen LogP) is 4.88. The number of pyridine rings is 2. The van der Waals surface area contributed by atoms with Gasteiger partial charge in [0.1, 0.15) is 15.5 Å². The number of hydrogen-bond acceptors (Lipinski definition) is 6. The van der Waals surface area contributed by atoms with Crippen LogP contribution in [0.3, 0.4) is 0 Å². The Morgan fingerprint density at radius 3 is 2.77 bits per heavy atom. The number of carbonyl (C=O) groups is 2. The first kappa shape index (κ1) is 19.0. The predicted molar refractivity (Wildman–Crippen MR) is 120 cm³/mol. The number of benzene rings is 1. The molecule has 3 N–H and O–H groups in total. The number of anilines is 3. The zero-order chi connectivity index (χ0) is 21.7. The van der Waals surface area contributed by atoms with Crippen LogP contribution in [0.15, 0.2) is 48.7 Å². The fourth-order valence-electron chi connectivity index (χ4n) is 3.63. The van der Waals surface area contributed by atoms with Crippen LogP contribution < -0.4 is 20.7 Å². The van der Waals surface area contributed by atoms with Crippen molar-refractivity contribution in [1.82, 2.24) is 9.97 Å². The number of nitrogens with zero attached hydrogens (tertiary/aromatic N) is 3. The number of ether oxygens (including phenoxy) is 1. The number of nitrogens with one attached hydrogen (secondary N) is 1. The van der Waals surface area contributed by atoms with Crippen molar-refractivity contribution in [2.45, 2.75) is 13.8 Å². The highest BCUT2D eigenvalue weighted by atomic mass is 32.1. The maximum Gasteiger partial charge on any atom is 0.331 e. The average Bonchev–Trinajstić information content (AvgIpc) is 3.11. The molecular weight excluding hydrogens is 414 g/mol. The van der Waals surface area contributed by atoms with Crippen molar-refractivity contribution in [2.24, 2.45) is 5.73 Å².